The number of amides is 4. The number of hydrogen-bond donors (Lipinski definition) is 4. The summed E-state index contributed by atoms with van der Waals surface area (Å²) in [6, 6.07) is -0.145. The van der Waals surface area contributed by atoms with Gasteiger partial charge in [-0.3, -0.25) is 14.4 Å². The second-order valence-corrected chi connectivity index (χ2v) is 14.8. The Morgan fingerprint density at radius 3 is 2.44 bits per heavy atom. The van der Waals surface area contributed by atoms with Gasteiger partial charge in [0.15, 0.2) is 0 Å². The molecule has 1 spiro atoms. The summed E-state index contributed by atoms with van der Waals surface area (Å²) in [5.41, 5.74) is 0.296. The summed E-state index contributed by atoms with van der Waals surface area (Å²) in [6.45, 7) is 10.4. The van der Waals surface area contributed by atoms with Gasteiger partial charge in [-0.25, -0.2) is 4.79 Å². The van der Waals surface area contributed by atoms with Crippen molar-refractivity contribution in [2.24, 2.45) is 5.92 Å². The molecule has 4 saturated heterocycles. The molecule has 0 aromatic carbocycles. The number of carbonyl (C=O) groups is 4. The summed E-state index contributed by atoms with van der Waals surface area (Å²) < 4.78 is 24.0. The average molecular weight is 815 g/mol. The Hall–Kier alpha value is -2.53. The molecule has 9 atom stereocenters. The van der Waals surface area contributed by atoms with Crippen LogP contribution in [0.1, 0.15) is 72.6 Å². The fourth-order valence-electron chi connectivity index (χ4n) is 6.67. The van der Waals surface area contributed by atoms with Gasteiger partial charge in [0.05, 0.1) is 41.8 Å². The lowest BCUT2D eigenvalue weighted by molar-refractivity contribution is -0.145. The third-order valence-corrected chi connectivity index (χ3v) is 10.5. The number of piperidine rings is 1. The molecule has 0 unspecified atom stereocenters. The summed E-state index contributed by atoms with van der Waals surface area (Å²) in [4.78, 5) is 50.6. The number of carbonyl (C=O) groups excluding carboxylic acids is 4. The predicted octanol–water partition coefficient (Wildman–Crippen LogP) is 3.09. The maximum Gasteiger partial charge on any atom is 0.410 e. The highest BCUT2D eigenvalue weighted by molar-refractivity contribution is 14.1. The smallest absolute Gasteiger partial charge is 0.410 e. The van der Waals surface area contributed by atoms with E-state index in [1.807, 2.05) is 48.6 Å². The maximum atomic E-state index is 12.7. The molecule has 4 fully saturated rings. The van der Waals surface area contributed by atoms with Crippen molar-refractivity contribution >= 4 is 46.4 Å². The van der Waals surface area contributed by atoms with Crippen LogP contribution in [-0.4, -0.2) is 119 Å². The van der Waals surface area contributed by atoms with Crippen LogP contribution in [0.3, 0.4) is 0 Å². The topological polar surface area (TPSA) is 168 Å². The Bertz CT molecular complexity index is 1270. The van der Waals surface area contributed by atoms with Crippen LogP contribution in [0.15, 0.2) is 36.0 Å². The molecular formula is C36H55IN4O9. The van der Waals surface area contributed by atoms with Crippen LogP contribution >= 0.6 is 22.6 Å². The number of nitrogens with one attached hydrogen (secondary N) is 3. The molecule has 0 aromatic rings. The van der Waals surface area contributed by atoms with Crippen molar-refractivity contribution in [3.8, 4) is 0 Å². The minimum absolute atomic E-state index is 0.0243. The fourth-order valence-corrected chi connectivity index (χ4v) is 6.93. The number of likely N-dealkylation sites (tertiary alicyclic amines) is 1. The van der Waals surface area contributed by atoms with Crippen LogP contribution in [0, 0.1) is 5.92 Å². The first kappa shape index (κ1) is 40.2. The Kier molecular flexibility index (Phi) is 15.6. The number of aliphatic hydroxyl groups excluding tert-OH is 1. The zero-order chi connectivity index (χ0) is 36.3. The lowest BCUT2D eigenvalue weighted by Gasteiger charge is -2.39. The zero-order valence-electron chi connectivity index (χ0n) is 29.7. The normalized spacial score (nSPS) is 32.2. The lowest BCUT2D eigenvalue weighted by Crippen LogP contribution is -2.51. The van der Waals surface area contributed by atoms with Crippen LogP contribution in [0.2, 0.25) is 0 Å². The third-order valence-electron chi connectivity index (χ3n) is 9.78. The minimum Gasteiger partial charge on any atom is -0.442 e. The Morgan fingerprint density at radius 2 is 1.76 bits per heavy atom. The number of alkyl halides is 1. The molecule has 4 aliphatic rings. The molecule has 4 rings (SSSR count). The quantitative estimate of drug-likeness (QED) is 0.0515. The molecule has 50 heavy (non-hydrogen) atoms. The first-order valence-corrected chi connectivity index (χ1v) is 19.4. The Morgan fingerprint density at radius 1 is 1.06 bits per heavy atom. The number of epoxide rings is 1. The SMILES string of the molecule is CC(C=C[C@H]1O[C@H](CC(=O)NCCNC(=O)CI)C[C@@]2(CO2)[C@@H]1O)=CC[C@@H]1O[C@H](C)[C@H](NC(=O)C=C[C@H](C)OC(=O)N2CCCCC2)C[C@@H]1C. The van der Waals surface area contributed by atoms with Gasteiger partial charge in [-0.15, -0.1) is 0 Å². The number of allylic oxidation sites excluding steroid dienone is 2. The van der Waals surface area contributed by atoms with Crippen molar-refractivity contribution in [2.45, 2.75) is 121 Å². The van der Waals surface area contributed by atoms with E-state index in [1.165, 1.54) is 6.08 Å². The van der Waals surface area contributed by atoms with Crippen LogP contribution in [0.5, 0.6) is 0 Å². The van der Waals surface area contributed by atoms with Gasteiger partial charge in [0, 0.05) is 38.7 Å². The number of nitrogens with zero attached hydrogens (tertiary/aromatic N) is 1. The van der Waals surface area contributed by atoms with E-state index >= 15 is 0 Å². The van der Waals surface area contributed by atoms with Crippen molar-refractivity contribution in [2.75, 3.05) is 37.2 Å². The molecule has 0 aromatic heterocycles. The van der Waals surface area contributed by atoms with Gasteiger partial charge in [0.2, 0.25) is 17.7 Å². The van der Waals surface area contributed by atoms with E-state index in [-0.39, 0.29) is 54.4 Å². The fraction of sp³-hybridized carbons (Fsp3) is 0.722. The van der Waals surface area contributed by atoms with Crippen LogP contribution in [0.25, 0.3) is 0 Å². The highest BCUT2D eigenvalue weighted by Crippen LogP contribution is 2.43. The molecule has 4 N–H and O–H groups in total. The summed E-state index contributed by atoms with van der Waals surface area (Å²) >= 11 is 1.98. The molecule has 0 aliphatic carbocycles. The van der Waals surface area contributed by atoms with E-state index in [2.05, 4.69) is 29.0 Å². The molecule has 0 bridgehead atoms. The van der Waals surface area contributed by atoms with E-state index in [1.54, 1.807) is 17.9 Å². The zero-order valence-corrected chi connectivity index (χ0v) is 31.9. The number of rotatable bonds is 14. The molecule has 14 heteroatoms. The van der Waals surface area contributed by atoms with Crippen molar-refractivity contribution in [3.63, 3.8) is 0 Å². The van der Waals surface area contributed by atoms with Gasteiger partial charge in [0.25, 0.3) is 0 Å². The molecule has 0 radical (unpaired) electrons. The van der Waals surface area contributed by atoms with Gasteiger partial charge < -0.3 is 44.9 Å². The lowest BCUT2D eigenvalue weighted by atomic mass is 9.87. The van der Waals surface area contributed by atoms with E-state index in [9.17, 15) is 24.3 Å². The van der Waals surface area contributed by atoms with Gasteiger partial charge in [-0.1, -0.05) is 53.3 Å². The number of halogens is 1. The van der Waals surface area contributed by atoms with Crippen LogP contribution in [0.4, 0.5) is 4.79 Å². The van der Waals surface area contributed by atoms with E-state index in [0.29, 0.717) is 50.1 Å². The van der Waals surface area contributed by atoms with E-state index in [0.717, 1.165) is 31.3 Å². The summed E-state index contributed by atoms with van der Waals surface area (Å²) in [5.74, 6) is -0.309. The number of aliphatic hydroxyl groups is 1. The van der Waals surface area contributed by atoms with Crippen molar-refractivity contribution in [1.29, 1.82) is 0 Å². The van der Waals surface area contributed by atoms with Crippen LogP contribution in [-0.2, 0) is 33.3 Å². The number of ether oxygens (including phenoxy) is 4. The van der Waals surface area contributed by atoms with Gasteiger partial charge in [-0.2, -0.15) is 0 Å². The number of hydrogen-bond acceptors (Lipinski definition) is 9. The molecule has 0 saturated carbocycles. The van der Waals surface area contributed by atoms with Crippen LogP contribution < -0.4 is 16.0 Å². The minimum atomic E-state index is -0.836. The second-order valence-electron chi connectivity index (χ2n) is 14.0. The first-order chi connectivity index (χ1) is 23.9. The Labute approximate surface area is 309 Å². The standard InChI is InChI=1S/C36H55IN4O9/c1-23(9-12-30-34(45)36(22-47-36)20-27(50-30)19-32(43)38-14-15-39-33(44)21-37)8-11-29-24(2)18-28(26(4)49-29)40-31(42)13-10-25(3)48-35(46)41-16-6-5-7-17-41/h8-10,12-13,24-30,34,45H,5-7,11,14-22H2,1-4H3,(H,38,43)(H,39,44)(H,40,42)/t24-,25-,26+,27+,28+,29-,30+,34+,36+/m0/s1. The molecule has 4 aliphatic heterocycles. The molecule has 4 amide bonds. The van der Waals surface area contributed by atoms with E-state index < -0.39 is 30.0 Å². The average Bonchev–Trinajstić information content (AvgIpc) is 3.87. The molecule has 13 nitrogen and oxygen atoms in total. The third kappa shape index (κ3) is 12.3. The first-order valence-electron chi connectivity index (χ1n) is 17.9. The predicted molar refractivity (Wildman–Crippen MR) is 196 cm³/mol. The van der Waals surface area contributed by atoms with Crippen molar-refractivity contribution in [3.05, 3.63) is 36.0 Å². The van der Waals surface area contributed by atoms with Gasteiger partial charge >= 0.3 is 6.09 Å². The largest absolute Gasteiger partial charge is 0.442 e. The second kappa shape index (κ2) is 19.3. The molecule has 280 valence electrons. The molecular weight excluding hydrogens is 759 g/mol. The molecule has 4 heterocycles. The Balaban J connectivity index is 1.20. The summed E-state index contributed by atoms with van der Waals surface area (Å²) in [6.07, 6.45) is 11.1. The highest BCUT2D eigenvalue weighted by Gasteiger charge is 2.58. The maximum absolute atomic E-state index is 12.7. The van der Waals surface area contributed by atoms with Crippen molar-refractivity contribution < 1.29 is 43.2 Å². The summed E-state index contributed by atoms with van der Waals surface area (Å²) in [5, 5.41) is 19.5. The monoisotopic (exact) mass is 814 g/mol. The van der Waals surface area contributed by atoms with E-state index in [4.69, 9.17) is 18.9 Å². The van der Waals surface area contributed by atoms with Gasteiger partial charge in [-0.05, 0) is 64.9 Å². The van der Waals surface area contributed by atoms with Crippen molar-refractivity contribution in [1.82, 2.24) is 20.9 Å². The highest BCUT2D eigenvalue weighted by atomic mass is 127. The summed E-state index contributed by atoms with van der Waals surface area (Å²) in [7, 11) is 0. The van der Waals surface area contributed by atoms with Gasteiger partial charge in [0.1, 0.15) is 23.9 Å².